The van der Waals surface area contributed by atoms with Crippen molar-refractivity contribution < 1.29 is 14.0 Å². The highest BCUT2D eigenvalue weighted by atomic mass is 28.4. The molecule has 0 saturated heterocycles. The van der Waals surface area contributed by atoms with E-state index >= 15 is 0 Å². The molecular weight excluding hydrogens is 406 g/mol. The maximum absolute atomic E-state index is 13.9. The van der Waals surface area contributed by atoms with Crippen LogP contribution >= 0.6 is 0 Å². The van der Waals surface area contributed by atoms with E-state index in [-0.39, 0.29) is 5.91 Å². The minimum absolute atomic E-state index is 0.159. The van der Waals surface area contributed by atoms with Crippen LogP contribution in [0.5, 0.6) is 0 Å². The lowest BCUT2D eigenvalue weighted by Crippen LogP contribution is -2.50. The van der Waals surface area contributed by atoms with Gasteiger partial charge < -0.3 is 8.99 Å². The van der Waals surface area contributed by atoms with Crippen molar-refractivity contribution in [2.24, 2.45) is 0 Å². The van der Waals surface area contributed by atoms with E-state index in [4.69, 9.17) is 4.43 Å². The van der Waals surface area contributed by atoms with Gasteiger partial charge in [0, 0.05) is 11.1 Å². The lowest BCUT2D eigenvalue weighted by atomic mass is 10.1. The number of hydrogen-bond acceptors (Lipinski definition) is 3. The molecular formula is C24H29NO3Si2. The molecule has 3 rings (SSSR count). The summed E-state index contributed by atoms with van der Waals surface area (Å²) in [4.78, 5) is 26.8. The number of anilines is 1. The first-order valence-electron chi connectivity index (χ1n) is 10.1. The summed E-state index contributed by atoms with van der Waals surface area (Å²) < 4.78 is 7.61. The molecule has 0 spiro atoms. The van der Waals surface area contributed by atoms with E-state index in [9.17, 15) is 9.59 Å². The second kappa shape index (κ2) is 8.20. The van der Waals surface area contributed by atoms with Crippen LogP contribution in [0.25, 0.3) is 10.8 Å². The molecule has 0 bridgehead atoms. The number of nitrogens with zero attached hydrogens (tertiary/aromatic N) is 1. The third kappa shape index (κ3) is 4.71. The van der Waals surface area contributed by atoms with E-state index in [1.165, 1.54) is 0 Å². The fourth-order valence-corrected chi connectivity index (χ4v) is 5.79. The topological polar surface area (TPSA) is 46.6 Å². The van der Waals surface area contributed by atoms with Crippen molar-refractivity contribution in [2.75, 3.05) is 4.57 Å². The minimum Gasteiger partial charge on any atom is -0.516 e. The number of carbonyl (C=O) groups is 2. The van der Waals surface area contributed by atoms with Crippen LogP contribution in [0.15, 0.2) is 66.7 Å². The molecule has 0 N–H and O–H groups in total. The van der Waals surface area contributed by atoms with Gasteiger partial charge in [-0.2, -0.15) is 0 Å². The number of hydrogen-bond donors (Lipinski definition) is 0. The highest BCUT2D eigenvalue weighted by Crippen LogP contribution is 2.32. The SMILES string of the molecule is C[Si](C)(C)OC(=O)c1ccccc1C(=O)N(c1cccc2ccccc12)[Si](C)(C)C. The Bertz CT molecular complexity index is 1090. The molecule has 0 atom stereocenters. The Hall–Kier alpha value is -2.71. The lowest BCUT2D eigenvalue weighted by Gasteiger charge is -2.35. The van der Waals surface area contributed by atoms with Gasteiger partial charge in [-0.25, -0.2) is 4.79 Å². The Labute approximate surface area is 180 Å². The van der Waals surface area contributed by atoms with Crippen LogP contribution in [0.2, 0.25) is 39.3 Å². The summed E-state index contributed by atoms with van der Waals surface area (Å²) in [6, 6.07) is 21.0. The highest BCUT2D eigenvalue weighted by molar-refractivity contribution is 6.83. The number of amides is 1. The lowest BCUT2D eigenvalue weighted by molar-refractivity contribution is 0.0719. The van der Waals surface area contributed by atoms with E-state index < -0.39 is 22.5 Å². The summed E-state index contributed by atoms with van der Waals surface area (Å²) in [5.41, 5.74) is 1.59. The van der Waals surface area contributed by atoms with Crippen molar-refractivity contribution in [2.45, 2.75) is 39.3 Å². The Balaban J connectivity index is 2.14. The minimum atomic E-state index is -2.15. The molecule has 30 heavy (non-hydrogen) atoms. The Morgan fingerprint density at radius 2 is 1.30 bits per heavy atom. The molecule has 0 radical (unpaired) electrons. The van der Waals surface area contributed by atoms with Crippen LogP contribution in [0, 0.1) is 0 Å². The van der Waals surface area contributed by atoms with E-state index in [1.54, 1.807) is 24.3 Å². The van der Waals surface area contributed by atoms with Crippen molar-refractivity contribution in [1.82, 2.24) is 0 Å². The summed E-state index contributed by atoms with van der Waals surface area (Å²) in [7, 11) is -4.25. The van der Waals surface area contributed by atoms with Crippen LogP contribution < -0.4 is 4.57 Å². The predicted octanol–water partition coefficient (Wildman–Crippen LogP) is 6.31. The molecule has 4 nitrogen and oxygen atoms in total. The van der Waals surface area contributed by atoms with E-state index in [0.29, 0.717) is 11.1 Å². The zero-order valence-corrected chi connectivity index (χ0v) is 20.5. The average Bonchev–Trinajstić information content (AvgIpc) is 2.66. The standard InChI is InChI=1S/C24H29NO3Si2/c1-29(2,3)25(22-17-11-13-18-12-7-8-14-19(18)22)23(26)20-15-9-10-16-21(20)24(27)28-30(4,5)6/h7-17H,1-6H3. The van der Waals surface area contributed by atoms with Gasteiger partial charge in [-0.1, -0.05) is 68.2 Å². The normalized spacial score (nSPS) is 11.9. The van der Waals surface area contributed by atoms with Crippen molar-refractivity contribution in [1.29, 1.82) is 0 Å². The molecule has 0 saturated carbocycles. The monoisotopic (exact) mass is 435 g/mol. The second-order valence-corrected chi connectivity index (χ2v) is 18.6. The molecule has 0 aliphatic carbocycles. The highest BCUT2D eigenvalue weighted by Gasteiger charge is 2.34. The summed E-state index contributed by atoms with van der Waals surface area (Å²) in [6.07, 6.45) is 0. The largest absolute Gasteiger partial charge is 0.516 e. The molecule has 1 amide bonds. The Morgan fingerprint density at radius 3 is 1.93 bits per heavy atom. The number of rotatable bonds is 5. The molecule has 0 aliphatic heterocycles. The van der Waals surface area contributed by atoms with Crippen molar-refractivity contribution >= 4 is 44.9 Å². The Kier molecular flexibility index (Phi) is 6.01. The number of carbonyl (C=O) groups excluding carboxylic acids is 2. The van der Waals surface area contributed by atoms with Crippen LogP contribution in [0.3, 0.4) is 0 Å². The van der Waals surface area contributed by atoms with Gasteiger partial charge in [-0.3, -0.25) is 4.79 Å². The van der Waals surface area contributed by atoms with E-state index in [2.05, 4.69) is 19.6 Å². The van der Waals surface area contributed by atoms with Gasteiger partial charge in [-0.05, 0) is 43.2 Å². The number of benzene rings is 3. The third-order valence-electron chi connectivity index (χ3n) is 4.66. The van der Waals surface area contributed by atoms with Crippen molar-refractivity contribution in [3.8, 4) is 0 Å². The molecule has 0 aromatic heterocycles. The van der Waals surface area contributed by atoms with Crippen LogP contribution in [0.4, 0.5) is 5.69 Å². The quantitative estimate of drug-likeness (QED) is 0.441. The summed E-state index contributed by atoms with van der Waals surface area (Å²) in [5.74, 6) is -0.583. The molecule has 0 heterocycles. The van der Waals surface area contributed by atoms with Gasteiger partial charge in [0.2, 0.25) is 8.32 Å². The number of fused-ring (bicyclic) bond motifs is 1. The second-order valence-electron chi connectivity index (χ2n) is 9.36. The van der Waals surface area contributed by atoms with Gasteiger partial charge in [-0.15, -0.1) is 0 Å². The fourth-order valence-electron chi connectivity index (χ4n) is 3.48. The van der Waals surface area contributed by atoms with Crippen molar-refractivity contribution in [3.63, 3.8) is 0 Å². The zero-order chi connectivity index (χ0) is 22.1. The van der Waals surface area contributed by atoms with E-state index in [0.717, 1.165) is 16.5 Å². The van der Waals surface area contributed by atoms with Gasteiger partial charge in [0.1, 0.15) is 0 Å². The average molecular weight is 436 g/mol. The van der Waals surface area contributed by atoms with Gasteiger partial charge >= 0.3 is 5.97 Å². The first-order chi connectivity index (χ1) is 14.0. The van der Waals surface area contributed by atoms with Gasteiger partial charge in [0.05, 0.1) is 11.1 Å². The fraction of sp³-hybridized carbons (Fsp3) is 0.250. The van der Waals surface area contributed by atoms with Crippen LogP contribution in [0.1, 0.15) is 20.7 Å². The smallest absolute Gasteiger partial charge is 0.325 e. The molecule has 156 valence electrons. The third-order valence-corrected chi connectivity index (χ3v) is 7.24. The van der Waals surface area contributed by atoms with Crippen molar-refractivity contribution in [3.05, 3.63) is 77.9 Å². The maximum Gasteiger partial charge on any atom is 0.325 e. The van der Waals surface area contributed by atoms with Gasteiger partial charge in [0.15, 0.2) is 8.24 Å². The first kappa shape index (κ1) is 22.0. The van der Waals surface area contributed by atoms with E-state index in [1.807, 2.05) is 66.7 Å². The summed E-state index contributed by atoms with van der Waals surface area (Å²) in [5, 5.41) is 2.11. The van der Waals surface area contributed by atoms with Gasteiger partial charge in [0.25, 0.3) is 5.91 Å². The Morgan fingerprint density at radius 1 is 0.733 bits per heavy atom. The summed E-state index contributed by atoms with van der Waals surface area (Å²) in [6.45, 7) is 12.3. The van der Waals surface area contributed by atoms with Crippen LogP contribution in [-0.4, -0.2) is 28.4 Å². The first-order valence-corrected chi connectivity index (χ1v) is 17.0. The molecule has 3 aromatic rings. The molecule has 0 unspecified atom stereocenters. The summed E-state index contributed by atoms with van der Waals surface area (Å²) >= 11 is 0. The molecule has 0 aliphatic rings. The molecule has 3 aromatic carbocycles. The zero-order valence-electron chi connectivity index (χ0n) is 18.5. The molecule has 0 fully saturated rings. The predicted molar refractivity (Wildman–Crippen MR) is 129 cm³/mol. The van der Waals surface area contributed by atoms with Crippen LogP contribution in [-0.2, 0) is 4.43 Å². The molecule has 6 heteroatoms. The maximum atomic E-state index is 13.9.